The van der Waals surface area contributed by atoms with Gasteiger partial charge in [0.2, 0.25) is 0 Å². The Bertz CT molecular complexity index is 655. The Labute approximate surface area is 120 Å². The van der Waals surface area contributed by atoms with Crippen molar-refractivity contribution in [3.8, 4) is 0 Å². The molecule has 0 aromatic carbocycles. The van der Waals surface area contributed by atoms with E-state index in [9.17, 15) is 17.6 Å². The second-order valence-corrected chi connectivity index (χ2v) is 5.91. The molecule has 0 spiro atoms. The van der Waals surface area contributed by atoms with Crippen LogP contribution >= 0.6 is 0 Å². The molecule has 2 aliphatic carbocycles. The Balaban J connectivity index is 2.22. The number of nitrogens with zero attached hydrogens (tertiary/aromatic N) is 2. The van der Waals surface area contributed by atoms with E-state index in [2.05, 4.69) is 17.4 Å². The second-order valence-electron chi connectivity index (χ2n) is 5.91. The zero-order valence-electron chi connectivity index (χ0n) is 11.9. The molecule has 1 saturated carbocycles. The molecule has 1 heterocycles. The molecule has 2 aliphatic rings. The topological polar surface area (TPSA) is 17.8 Å². The van der Waals surface area contributed by atoms with E-state index < -0.39 is 29.4 Å². The fraction of sp³-hybridized carbons (Fsp3) is 0.600. The highest BCUT2D eigenvalue weighted by molar-refractivity contribution is 5.51. The molecular weight excluding hydrogens is 284 g/mol. The highest BCUT2D eigenvalue weighted by atomic mass is 19.3. The third-order valence-corrected chi connectivity index (χ3v) is 4.83. The van der Waals surface area contributed by atoms with Crippen molar-refractivity contribution < 1.29 is 17.6 Å². The van der Waals surface area contributed by atoms with Crippen molar-refractivity contribution in [2.45, 2.75) is 51.0 Å². The van der Waals surface area contributed by atoms with Crippen molar-refractivity contribution in [3.05, 3.63) is 34.8 Å². The largest absolute Gasteiger partial charge is 0.293 e. The van der Waals surface area contributed by atoms with Gasteiger partial charge < -0.3 is 0 Å². The Morgan fingerprint density at radius 2 is 2.19 bits per heavy atom. The predicted molar refractivity (Wildman–Crippen MR) is 69.5 cm³/mol. The second kappa shape index (κ2) is 4.23. The van der Waals surface area contributed by atoms with Gasteiger partial charge in [-0.2, -0.15) is 13.9 Å². The van der Waals surface area contributed by atoms with Gasteiger partial charge >= 0.3 is 0 Å². The summed E-state index contributed by atoms with van der Waals surface area (Å²) >= 11 is 0. The maximum Gasteiger partial charge on any atom is 0.293 e. The average Bonchev–Trinajstić information content (AvgIpc) is 3.00. The SMILES string of the molecule is C=C=C(C)Cn1nc(C(F)F)c2c1C(F)(F)[C@@H]1C[C@]21CC. The van der Waals surface area contributed by atoms with E-state index in [1.165, 1.54) is 0 Å². The lowest BCUT2D eigenvalue weighted by Crippen LogP contribution is -2.20. The highest BCUT2D eigenvalue weighted by Gasteiger charge is 2.75. The summed E-state index contributed by atoms with van der Waals surface area (Å²) in [4.78, 5) is 0. The number of aromatic nitrogens is 2. The van der Waals surface area contributed by atoms with Crippen LogP contribution < -0.4 is 0 Å². The fourth-order valence-electron chi connectivity index (χ4n) is 3.65. The molecule has 2 atom stereocenters. The lowest BCUT2D eigenvalue weighted by Gasteiger charge is -2.15. The molecule has 0 bridgehead atoms. The minimum absolute atomic E-state index is 0.0145. The molecule has 0 aliphatic heterocycles. The first kappa shape index (κ1) is 14.4. The van der Waals surface area contributed by atoms with Crippen LogP contribution in [0.15, 0.2) is 17.9 Å². The number of hydrogen-bond acceptors (Lipinski definition) is 1. The number of hydrogen-bond donors (Lipinski definition) is 0. The Hall–Kier alpha value is -1.55. The predicted octanol–water partition coefficient (Wildman–Crippen LogP) is 4.33. The van der Waals surface area contributed by atoms with Crippen LogP contribution in [0.3, 0.4) is 0 Å². The summed E-state index contributed by atoms with van der Waals surface area (Å²) in [6, 6.07) is 0. The molecule has 114 valence electrons. The molecule has 1 fully saturated rings. The summed E-state index contributed by atoms with van der Waals surface area (Å²) in [7, 11) is 0. The molecule has 0 unspecified atom stereocenters. The van der Waals surface area contributed by atoms with Crippen molar-refractivity contribution in [1.29, 1.82) is 0 Å². The molecule has 3 rings (SSSR count). The van der Waals surface area contributed by atoms with Gasteiger partial charge in [-0.15, -0.1) is 5.73 Å². The van der Waals surface area contributed by atoms with E-state index in [-0.39, 0.29) is 24.2 Å². The van der Waals surface area contributed by atoms with E-state index in [0.717, 1.165) is 4.68 Å². The first-order valence-electron chi connectivity index (χ1n) is 6.92. The smallest absolute Gasteiger partial charge is 0.258 e. The van der Waals surface area contributed by atoms with Crippen molar-refractivity contribution in [3.63, 3.8) is 0 Å². The third kappa shape index (κ3) is 1.68. The molecule has 21 heavy (non-hydrogen) atoms. The molecule has 0 amide bonds. The van der Waals surface area contributed by atoms with Crippen LogP contribution in [-0.2, 0) is 17.9 Å². The van der Waals surface area contributed by atoms with Gasteiger partial charge in [-0.25, -0.2) is 8.78 Å². The fourth-order valence-corrected chi connectivity index (χ4v) is 3.65. The van der Waals surface area contributed by atoms with Crippen LogP contribution in [0.4, 0.5) is 17.6 Å². The standard InChI is InChI=1S/C15H16F4N2/c1-4-8(3)7-21-12-10(11(20-21)13(16)17)14(5-2)6-9(14)15(12,18)19/h9,13H,1,5-7H2,2-3H3/t9-,14+/m1/s1. The zero-order chi connectivity index (χ0) is 15.6. The van der Waals surface area contributed by atoms with Crippen LogP contribution in [0.1, 0.15) is 50.1 Å². The van der Waals surface area contributed by atoms with Crippen LogP contribution in [0.2, 0.25) is 0 Å². The van der Waals surface area contributed by atoms with Gasteiger partial charge in [-0.1, -0.05) is 13.5 Å². The third-order valence-electron chi connectivity index (χ3n) is 4.83. The number of alkyl halides is 4. The zero-order valence-corrected chi connectivity index (χ0v) is 11.9. The summed E-state index contributed by atoms with van der Waals surface area (Å²) in [5.74, 6) is -3.95. The molecule has 6 heteroatoms. The van der Waals surface area contributed by atoms with Crippen molar-refractivity contribution in [2.24, 2.45) is 5.92 Å². The number of rotatable bonds is 4. The van der Waals surface area contributed by atoms with E-state index in [0.29, 0.717) is 12.0 Å². The first-order valence-corrected chi connectivity index (χ1v) is 6.92. The summed E-state index contributed by atoms with van der Waals surface area (Å²) in [5.41, 5.74) is 1.64. The molecule has 0 N–H and O–H groups in total. The van der Waals surface area contributed by atoms with Gasteiger partial charge in [0.15, 0.2) is 0 Å². The van der Waals surface area contributed by atoms with E-state index >= 15 is 0 Å². The van der Waals surface area contributed by atoms with Crippen LogP contribution in [0, 0.1) is 5.92 Å². The maximum absolute atomic E-state index is 14.5. The van der Waals surface area contributed by atoms with Gasteiger partial charge in [-0.05, 0) is 25.3 Å². The van der Waals surface area contributed by atoms with Gasteiger partial charge in [0.1, 0.15) is 11.4 Å². The lowest BCUT2D eigenvalue weighted by molar-refractivity contribution is -0.0340. The maximum atomic E-state index is 14.5. The minimum Gasteiger partial charge on any atom is -0.258 e. The van der Waals surface area contributed by atoms with Crippen LogP contribution in [0.25, 0.3) is 0 Å². The first-order chi connectivity index (χ1) is 9.79. The van der Waals surface area contributed by atoms with Crippen LogP contribution in [-0.4, -0.2) is 9.78 Å². The highest BCUT2D eigenvalue weighted by Crippen LogP contribution is 2.73. The van der Waals surface area contributed by atoms with E-state index in [1.807, 2.05) is 0 Å². The monoisotopic (exact) mass is 300 g/mol. The molecule has 1 aromatic heterocycles. The van der Waals surface area contributed by atoms with Gasteiger partial charge in [-0.3, -0.25) is 4.68 Å². The molecular formula is C15H16F4N2. The van der Waals surface area contributed by atoms with Crippen LogP contribution in [0.5, 0.6) is 0 Å². The Morgan fingerprint density at radius 3 is 2.71 bits per heavy atom. The van der Waals surface area contributed by atoms with Gasteiger partial charge in [0.25, 0.3) is 12.3 Å². The Morgan fingerprint density at radius 1 is 1.52 bits per heavy atom. The van der Waals surface area contributed by atoms with Gasteiger partial charge in [0, 0.05) is 16.9 Å². The van der Waals surface area contributed by atoms with Crippen molar-refractivity contribution in [2.75, 3.05) is 0 Å². The summed E-state index contributed by atoms with van der Waals surface area (Å²) in [6.07, 6.45) is -2.14. The quantitative estimate of drug-likeness (QED) is 0.598. The van der Waals surface area contributed by atoms with Crippen molar-refractivity contribution in [1.82, 2.24) is 9.78 Å². The molecule has 0 radical (unpaired) electrons. The van der Waals surface area contributed by atoms with E-state index in [4.69, 9.17) is 0 Å². The summed E-state index contributed by atoms with van der Waals surface area (Å²) < 4.78 is 56.6. The normalized spacial score (nSPS) is 28.2. The summed E-state index contributed by atoms with van der Waals surface area (Å²) in [6.45, 7) is 6.89. The van der Waals surface area contributed by atoms with E-state index in [1.54, 1.807) is 13.8 Å². The number of allylic oxidation sites excluding steroid dienone is 1. The average molecular weight is 300 g/mol. The summed E-state index contributed by atoms with van der Waals surface area (Å²) in [5, 5.41) is 3.78. The lowest BCUT2D eigenvalue weighted by atomic mass is 9.94. The van der Waals surface area contributed by atoms with Crippen molar-refractivity contribution >= 4 is 0 Å². The molecule has 0 saturated heterocycles. The minimum atomic E-state index is -3.09. The number of halogens is 4. The van der Waals surface area contributed by atoms with Gasteiger partial charge in [0.05, 0.1) is 6.54 Å². The Kier molecular flexibility index (Phi) is 2.90. The molecule has 2 nitrogen and oxygen atoms in total. The number of fused-ring (bicyclic) bond motifs is 3. The molecule has 1 aromatic rings.